The van der Waals surface area contributed by atoms with Gasteiger partial charge in [0.25, 0.3) is 0 Å². The van der Waals surface area contributed by atoms with Crippen LogP contribution in [0.2, 0.25) is 0 Å². The van der Waals surface area contributed by atoms with Crippen molar-refractivity contribution in [3.63, 3.8) is 0 Å². The van der Waals surface area contributed by atoms with Crippen molar-refractivity contribution in [2.45, 2.75) is 67.4 Å². The van der Waals surface area contributed by atoms with Gasteiger partial charge in [-0.3, -0.25) is 14.1 Å². The summed E-state index contributed by atoms with van der Waals surface area (Å²) < 4.78 is 29.4. The van der Waals surface area contributed by atoms with Gasteiger partial charge in [0, 0.05) is 0 Å². The highest BCUT2D eigenvalue weighted by Crippen LogP contribution is 2.35. The normalized spacial score (nSPS) is 12.8. The van der Waals surface area contributed by atoms with Crippen LogP contribution in [0.25, 0.3) is 0 Å². The summed E-state index contributed by atoms with van der Waals surface area (Å²) in [4.78, 5) is 49.2. The first-order chi connectivity index (χ1) is 16.5. The molecular formula is C23H45O12P. The molecule has 0 amide bonds. The van der Waals surface area contributed by atoms with E-state index in [9.17, 15) is 19.3 Å². The number of phosphoric ester groups is 1. The van der Waals surface area contributed by atoms with E-state index in [4.69, 9.17) is 33.8 Å². The van der Waals surface area contributed by atoms with Gasteiger partial charge in [0.15, 0.2) is 0 Å². The third-order valence-corrected chi connectivity index (χ3v) is 5.39. The Morgan fingerprint density at radius 2 is 1.33 bits per heavy atom. The van der Waals surface area contributed by atoms with Gasteiger partial charge in [0.1, 0.15) is 32.5 Å². The number of carbonyl (C=O) groups is 2. The minimum Gasteiger partial charge on any atom is -0.463 e. The molecule has 214 valence electrons. The molecule has 0 rings (SSSR count). The van der Waals surface area contributed by atoms with Gasteiger partial charge in [-0.2, -0.15) is 0 Å². The average molecular weight is 545 g/mol. The van der Waals surface area contributed by atoms with Crippen molar-refractivity contribution >= 4 is 19.8 Å². The number of esters is 2. The first-order valence-electron chi connectivity index (χ1n) is 11.7. The second kappa shape index (κ2) is 18.8. The van der Waals surface area contributed by atoms with Crippen LogP contribution in [0.15, 0.2) is 12.2 Å². The SMILES string of the molecule is C=C(C)COOCC(O)COCCOC(=O)C(C)(C)CC.CCC(C)(C)C(=O)OCCOP(=O)(O)O. The van der Waals surface area contributed by atoms with Crippen molar-refractivity contribution in [3.05, 3.63) is 12.2 Å². The Labute approximate surface area is 214 Å². The first kappa shape index (κ1) is 36.8. The predicted octanol–water partition coefficient (Wildman–Crippen LogP) is 2.94. The first-order valence-corrected chi connectivity index (χ1v) is 13.2. The van der Waals surface area contributed by atoms with E-state index in [-0.39, 0.29) is 52.2 Å². The van der Waals surface area contributed by atoms with E-state index in [1.807, 2.05) is 34.6 Å². The highest BCUT2D eigenvalue weighted by atomic mass is 31.2. The smallest absolute Gasteiger partial charge is 0.463 e. The molecule has 36 heavy (non-hydrogen) atoms. The minimum absolute atomic E-state index is 0.00985. The third kappa shape index (κ3) is 20.8. The third-order valence-electron chi connectivity index (χ3n) is 4.87. The molecule has 13 heteroatoms. The van der Waals surface area contributed by atoms with Crippen molar-refractivity contribution in [2.24, 2.45) is 10.8 Å². The van der Waals surface area contributed by atoms with Gasteiger partial charge >= 0.3 is 19.8 Å². The maximum Gasteiger partial charge on any atom is 0.469 e. The van der Waals surface area contributed by atoms with E-state index in [0.717, 1.165) is 5.57 Å². The summed E-state index contributed by atoms with van der Waals surface area (Å²) in [6.45, 7) is 16.7. The molecule has 0 aromatic carbocycles. The van der Waals surface area contributed by atoms with E-state index < -0.39 is 30.7 Å². The van der Waals surface area contributed by atoms with Gasteiger partial charge in [0.05, 0.1) is 30.7 Å². The molecule has 3 N–H and O–H groups in total. The summed E-state index contributed by atoms with van der Waals surface area (Å²) in [5.41, 5.74) is -0.228. The van der Waals surface area contributed by atoms with Crippen LogP contribution in [0, 0.1) is 10.8 Å². The zero-order valence-corrected chi connectivity index (χ0v) is 23.5. The number of aliphatic hydroxyl groups excluding tert-OH is 1. The zero-order valence-electron chi connectivity index (χ0n) is 22.6. The Morgan fingerprint density at radius 1 is 0.861 bits per heavy atom. The van der Waals surface area contributed by atoms with Gasteiger partial charge in [-0.15, -0.1) is 0 Å². The quantitative estimate of drug-likeness (QED) is 0.0577. The standard InChI is InChI=1S/C15H28O6.C8H17O6P/c1-6-15(4,5)14(17)19-8-7-18-10-13(16)11-21-20-9-12(2)3;1-4-8(2,3)7(9)13-5-6-14-15(10,11)12/h13,16H,2,6-11H2,1,3-5H3;4-6H2,1-3H3,(H2,10,11,12). The summed E-state index contributed by atoms with van der Waals surface area (Å²) in [5, 5.41) is 9.53. The van der Waals surface area contributed by atoms with E-state index in [2.05, 4.69) is 11.1 Å². The minimum atomic E-state index is -4.46. The Balaban J connectivity index is 0. The van der Waals surface area contributed by atoms with Crippen LogP contribution >= 0.6 is 7.82 Å². The van der Waals surface area contributed by atoms with Gasteiger partial charge in [-0.05, 0) is 47.5 Å². The summed E-state index contributed by atoms with van der Waals surface area (Å²) >= 11 is 0. The van der Waals surface area contributed by atoms with E-state index in [1.54, 1.807) is 13.8 Å². The van der Waals surface area contributed by atoms with Crippen molar-refractivity contribution < 1.29 is 57.6 Å². The molecule has 0 aromatic heterocycles. The fourth-order valence-electron chi connectivity index (χ4n) is 1.70. The van der Waals surface area contributed by atoms with Crippen molar-refractivity contribution in [1.82, 2.24) is 0 Å². The average Bonchev–Trinajstić information content (AvgIpc) is 2.78. The summed E-state index contributed by atoms with van der Waals surface area (Å²) in [6, 6.07) is 0. The maximum absolute atomic E-state index is 11.7. The number of aliphatic hydroxyl groups is 1. The van der Waals surface area contributed by atoms with Crippen LogP contribution < -0.4 is 0 Å². The lowest BCUT2D eigenvalue weighted by atomic mass is 9.91. The monoisotopic (exact) mass is 544 g/mol. The summed E-state index contributed by atoms with van der Waals surface area (Å²) in [7, 11) is -4.46. The largest absolute Gasteiger partial charge is 0.469 e. The van der Waals surface area contributed by atoms with E-state index in [1.165, 1.54) is 0 Å². The second-order valence-electron chi connectivity index (χ2n) is 9.30. The molecule has 0 saturated heterocycles. The molecule has 0 saturated carbocycles. The molecule has 0 radical (unpaired) electrons. The Morgan fingerprint density at radius 3 is 1.75 bits per heavy atom. The molecule has 0 fully saturated rings. The van der Waals surface area contributed by atoms with Gasteiger partial charge in [0.2, 0.25) is 0 Å². The lowest BCUT2D eigenvalue weighted by Gasteiger charge is -2.20. The highest BCUT2D eigenvalue weighted by Gasteiger charge is 2.27. The Bertz CT molecular complexity index is 687. The topological polar surface area (TPSA) is 167 Å². The van der Waals surface area contributed by atoms with E-state index in [0.29, 0.717) is 12.8 Å². The maximum atomic E-state index is 11.7. The van der Waals surface area contributed by atoms with Gasteiger partial charge in [-0.1, -0.05) is 26.0 Å². The fourth-order valence-corrected chi connectivity index (χ4v) is 2.01. The molecule has 0 aliphatic heterocycles. The lowest BCUT2D eigenvalue weighted by molar-refractivity contribution is -0.300. The Kier molecular flexibility index (Phi) is 19.2. The van der Waals surface area contributed by atoms with E-state index >= 15 is 0 Å². The molecule has 12 nitrogen and oxygen atoms in total. The van der Waals surface area contributed by atoms with Crippen LogP contribution in [0.4, 0.5) is 0 Å². The van der Waals surface area contributed by atoms with Crippen molar-refractivity contribution in [1.29, 1.82) is 0 Å². The summed E-state index contributed by atoms with van der Waals surface area (Å²) in [5.74, 6) is -0.648. The lowest BCUT2D eigenvalue weighted by Crippen LogP contribution is -2.28. The zero-order chi connectivity index (χ0) is 28.4. The number of rotatable bonds is 18. The van der Waals surface area contributed by atoms with Crippen LogP contribution in [-0.2, 0) is 42.7 Å². The molecule has 1 unspecified atom stereocenters. The van der Waals surface area contributed by atoms with Crippen LogP contribution in [0.5, 0.6) is 0 Å². The molecule has 0 aromatic rings. The second-order valence-corrected chi connectivity index (χ2v) is 10.5. The molecule has 0 spiro atoms. The van der Waals surface area contributed by atoms with Crippen LogP contribution in [0.3, 0.4) is 0 Å². The predicted molar refractivity (Wildman–Crippen MR) is 132 cm³/mol. The van der Waals surface area contributed by atoms with Gasteiger partial charge in [-0.25, -0.2) is 14.3 Å². The fraction of sp³-hybridized carbons (Fsp3) is 0.826. The number of hydrogen-bond acceptors (Lipinski definition) is 10. The number of ether oxygens (including phenoxy) is 3. The summed E-state index contributed by atoms with van der Waals surface area (Å²) in [6.07, 6.45) is 0.552. The molecule has 0 bridgehead atoms. The molecular weight excluding hydrogens is 499 g/mol. The number of carbonyl (C=O) groups excluding carboxylic acids is 2. The molecule has 0 aliphatic rings. The number of hydrogen-bond donors (Lipinski definition) is 3. The Hall–Kier alpha value is -1.37. The van der Waals surface area contributed by atoms with Crippen LogP contribution in [0.1, 0.15) is 61.3 Å². The molecule has 0 aliphatic carbocycles. The molecule has 1 atom stereocenters. The molecule has 0 heterocycles. The van der Waals surface area contributed by atoms with Crippen LogP contribution in [-0.4, -0.2) is 79.2 Å². The highest BCUT2D eigenvalue weighted by molar-refractivity contribution is 7.46. The van der Waals surface area contributed by atoms with Gasteiger partial charge < -0.3 is 29.1 Å². The van der Waals surface area contributed by atoms with Crippen molar-refractivity contribution in [2.75, 3.05) is 46.2 Å². The number of phosphoric acid groups is 1. The van der Waals surface area contributed by atoms with Crippen molar-refractivity contribution in [3.8, 4) is 0 Å².